The van der Waals surface area contributed by atoms with Gasteiger partial charge in [-0.15, -0.1) is 0 Å². The summed E-state index contributed by atoms with van der Waals surface area (Å²) in [4.78, 5) is 2.59. The molecule has 3 heteroatoms. The van der Waals surface area contributed by atoms with Crippen LogP contribution in [0.3, 0.4) is 0 Å². The van der Waals surface area contributed by atoms with Crippen LogP contribution in [0.1, 0.15) is 48.8 Å². The number of hydrogen-bond donors (Lipinski definition) is 0. The summed E-state index contributed by atoms with van der Waals surface area (Å²) < 4.78 is 0. The van der Waals surface area contributed by atoms with Crippen molar-refractivity contribution in [1.29, 1.82) is 5.26 Å². The molecule has 3 aromatic rings. The molecule has 4 rings (SSSR count). The lowest BCUT2D eigenvalue weighted by Crippen LogP contribution is -2.39. The highest BCUT2D eigenvalue weighted by atomic mass is 35.5. The summed E-state index contributed by atoms with van der Waals surface area (Å²) in [6, 6.07) is 32.3. The number of nitriles is 1. The largest absolute Gasteiger partial charge is 0.303 e. The Morgan fingerprint density at radius 1 is 0.794 bits per heavy atom. The number of halogens is 1. The Hall–Kier alpha value is -2.60. The van der Waals surface area contributed by atoms with Crippen LogP contribution in [0.5, 0.6) is 0 Å². The zero-order chi connectivity index (χ0) is 23.6. The third kappa shape index (κ3) is 6.29. The van der Waals surface area contributed by atoms with Crippen LogP contribution in [0.15, 0.2) is 84.9 Å². The van der Waals surface area contributed by atoms with Gasteiger partial charge < -0.3 is 4.90 Å². The Balaban J connectivity index is 1.42. The number of benzene rings is 3. The topological polar surface area (TPSA) is 27.0 Å². The normalized spacial score (nSPS) is 15.4. The third-order valence-electron chi connectivity index (χ3n) is 7.53. The van der Waals surface area contributed by atoms with Gasteiger partial charge in [-0.1, -0.05) is 90.8 Å². The van der Waals surface area contributed by atoms with E-state index in [-0.39, 0.29) is 0 Å². The van der Waals surface area contributed by atoms with E-state index in [1.165, 1.54) is 17.5 Å². The summed E-state index contributed by atoms with van der Waals surface area (Å²) in [5.41, 5.74) is 3.51. The predicted molar refractivity (Wildman–Crippen MR) is 142 cm³/mol. The van der Waals surface area contributed by atoms with E-state index in [4.69, 9.17) is 11.6 Å². The molecule has 1 saturated carbocycles. The molecule has 1 aliphatic rings. The first-order valence-electron chi connectivity index (χ1n) is 12.7. The zero-order valence-electron chi connectivity index (χ0n) is 20.0. The van der Waals surface area contributed by atoms with Crippen LogP contribution >= 0.6 is 11.6 Å². The van der Waals surface area contributed by atoms with Gasteiger partial charge in [0.25, 0.3) is 0 Å². The molecular formula is C31H35ClN2. The summed E-state index contributed by atoms with van der Waals surface area (Å²) in [5.74, 6) is 0.459. The van der Waals surface area contributed by atoms with E-state index in [1.54, 1.807) is 0 Å². The Kier molecular flexibility index (Phi) is 8.80. The van der Waals surface area contributed by atoms with Crippen molar-refractivity contribution < 1.29 is 0 Å². The Labute approximate surface area is 210 Å². The lowest BCUT2D eigenvalue weighted by atomic mass is 9.61. The predicted octanol–water partition coefficient (Wildman–Crippen LogP) is 7.47. The van der Waals surface area contributed by atoms with E-state index in [0.29, 0.717) is 5.92 Å². The third-order valence-corrected chi connectivity index (χ3v) is 7.78. The molecule has 1 aliphatic carbocycles. The monoisotopic (exact) mass is 470 g/mol. The van der Waals surface area contributed by atoms with Crippen molar-refractivity contribution in [3.05, 3.63) is 107 Å². The van der Waals surface area contributed by atoms with E-state index >= 15 is 0 Å². The minimum absolute atomic E-state index is 0.395. The standard InChI is InChI=1S/C31H35ClN2/c32-30-17-15-29(16-18-30)31(25-33,28-13-7-14-28)21-8-22-34(23-19-26-9-3-1-4-10-26)24-20-27-11-5-2-6-12-27/h1-6,9-12,15-18,28H,7-8,13-14,19-24H2. The maximum atomic E-state index is 10.4. The molecule has 1 atom stereocenters. The maximum absolute atomic E-state index is 10.4. The molecular weight excluding hydrogens is 436 g/mol. The second kappa shape index (κ2) is 12.2. The molecule has 0 spiro atoms. The molecule has 2 nitrogen and oxygen atoms in total. The van der Waals surface area contributed by atoms with E-state index < -0.39 is 5.41 Å². The van der Waals surface area contributed by atoms with Crippen molar-refractivity contribution in [3.8, 4) is 6.07 Å². The SMILES string of the molecule is N#CC(CCCN(CCc1ccccc1)CCc1ccccc1)(c1ccc(Cl)cc1)C1CCC1. The van der Waals surface area contributed by atoms with Gasteiger partial charge in [0.2, 0.25) is 0 Å². The fourth-order valence-corrected chi connectivity index (χ4v) is 5.35. The van der Waals surface area contributed by atoms with Gasteiger partial charge in [0.15, 0.2) is 0 Å². The van der Waals surface area contributed by atoms with Crippen molar-refractivity contribution in [2.45, 2.75) is 50.4 Å². The Morgan fingerprint density at radius 2 is 1.35 bits per heavy atom. The molecule has 0 aromatic heterocycles. The molecule has 0 bridgehead atoms. The van der Waals surface area contributed by atoms with Gasteiger partial charge in [0.1, 0.15) is 0 Å². The fraction of sp³-hybridized carbons (Fsp3) is 0.387. The smallest absolute Gasteiger partial charge is 0.0850 e. The van der Waals surface area contributed by atoms with E-state index in [9.17, 15) is 5.26 Å². The molecule has 0 N–H and O–H groups in total. The van der Waals surface area contributed by atoms with Gasteiger partial charge >= 0.3 is 0 Å². The van der Waals surface area contributed by atoms with E-state index in [0.717, 1.165) is 68.7 Å². The maximum Gasteiger partial charge on any atom is 0.0850 e. The second-order valence-corrected chi connectivity index (χ2v) is 10.1. The number of rotatable bonds is 12. The molecule has 0 radical (unpaired) electrons. The highest BCUT2D eigenvalue weighted by molar-refractivity contribution is 6.30. The van der Waals surface area contributed by atoms with Crippen molar-refractivity contribution in [1.82, 2.24) is 4.90 Å². The van der Waals surface area contributed by atoms with Crippen molar-refractivity contribution in [3.63, 3.8) is 0 Å². The Morgan fingerprint density at radius 3 is 1.82 bits per heavy atom. The van der Waals surface area contributed by atoms with Gasteiger partial charge in [-0.3, -0.25) is 0 Å². The minimum atomic E-state index is -0.395. The van der Waals surface area contributed by atoms with Crippen LogP contribution in [0.2, 0.25) is 5.02 Å². The molecule has 34 heavy (non-hydrogen) atoms. The molecule has 0 saturated heterocycles. The highest BCUT2D eigenvalue weighted by Gasteiger charge is 2.43. The summed E-state index contributed by atoms with van der Waals surface area (Å²) in [5, 5.41) is 11.1. The average molecular weight is 471 g/mol. The van der Waals surface area contributed by atoms with Gasteiger partial charge in [0.05, 0.1) is 11.5 Å². The minimum Gasteiger partial charge on any atom is -0.303 e. The van der Waals surface area contributed by atoms with Crippen LogP contribution in [0, 0.1) is 17.2 Å². The van der Waals surface area contributed by atoms with Crippen molar-refractivity contribution in [2.75, 3.05) is 19.6 Å². The summed E-state index contributed by atoms with van der Waals surface area (Å²) in [6.45, 7) is 3.10. The molecule has 0 aliphatic heterocycles. The molecule has 0 heterocycles. The lowest BCUT2D eigenvalue weighted by Gasteiger charge is -2.41. The van der Waals surface area contributed by atoms with Gasteiger partial charge in [0, 0.05) is 18.1 Å². The van der Waals surface area contributed by atoms with Crippen LogP contribution in [-0.4, -0.2) is 24.5 Å². The summed E-state index contributed by atoms with van der Waals surface area (Å²) in [7, 11) is 0. The van der Waals surface area contributed by atoms with Crippen molar-refractivity contribution in [2.24, 2.45) is 5.92 Å². The first kappa shape index (κ1) is 24.5. The van der Waals surface area contributed by atoms with Gasteiger partial charge in [-0.25, -0.2) is 0 Å². The number of hydrogen-bond acceptors (Lipinski definition) is 2. The van der Waals surface area contributed by atoms with Crippen molar-refractivity contribution >= 4 is 11.6 Å². The van der Waals surface area contributed by atoms with Crippen LogP contribution in [0.4, 0.5) is 0 Å². The molecule has 1 unspecified atom stereocenters. The summed E-state index contributed by atoms with van der Waals surface area (Å²) >= 11 is 6.16. The zero-order valence-corrected chi connectivity index (χ0v) is 20.8. The van der Waals surface area contributed by atoms with E-state index in [2.05, 4.69) is 83.8 Å². The lowest BCUT2D eigenvalue weighted by molar-refractivity contribution is 0.184. The first-order valence-corrected chi connectivity index (χ1v) is 13.0. The fourth-order valence-electron chi connectivity index (χ4n) is 5.22. The summed E-state index contributed by atoms with van der Waals surface area (Å²) in [6.07, 6.45) is 7.59. The highest BCUT2D eigenvalue weighted by Crippen LogP contribution is 2.47. The molecule has 0 amide bonds. The van der Waals surface area contributed by atoms with E-state index in [1.807, 2.05) is 12.1 Å². The van der Waals surface area contributed by atoms with Crippen LogP contribution in [0.25, 0.3) is 0 Å². The molecule has 176 valence electrons. The second-order valence-electron chi connectivity index (χ2n) is 9.63. The molecule has 3 aromatic carbocycles. The number of nitrogens with zero attached hydrogens (tertiary/aromatic N) is 2. The quantitative estimate of drug-likeness (QED) is 0.274. The van der Waals surface area contributed by atoms with Gasteiger partial charge in [-0.05, 0) is 79.8 Å². The van der Waals surface area contributed by atoms with Crippen LogP contribution in [-0.2, 0) is 18.3 Å². The Bertz CT molecular complexity index is 995. The average Bonchev–Trinajstić information content (AvgIpc) is 2.85. The van der Waals surface area contributed by atoms with Crippen LogP contribution < -0.4 is 0 Å². The first-order chi connectivity index (χ1) is 16.7. The van der Waals surface area contributed by atoms with Gasteiger partial charge in [-0.2, -0.15) is 5.26 Å². The molecule has 1 fully saturated rings.